The fraction of sp³-hybridized carbons (Fsp3) is 0.429. The first-order valence-corrected chi connectivity index (χ1v) is 6.00. The molecule has 1 aromatic heterocycles. The van der Waals surface area contributed by atoms with Gasteiger partial charge in [-0.1, -0.05) is 25.0 Å². The SMILES string of the molecule is O[C@@H]1CCCC[C@H]1c1ccc2ccoc2c1. The molecule has 2 nitrogen and oxygen atoms in total. The van der Waals surface area contributed by atoms with Crippen LogP contribution in [0, 0.1) is 0 Å². The molecule has 1 fully saturated rings. The zero-order chi connectivity index (χ0) is 11.0. The van der Waals surface area contributed by atoms with Gasteiger partial charge < -0.3 is 9.52 Å². The third-order valence-electron chi connectivity index (χ3n) is 3.64. The normalized spacial score (nSPS) is 26.1. The standard InChI is InChI=1S/C14H16O2/c15-13-4-2-1-3-12(13)11-6-5-10-7-8-16-14(10)9-11/h5-9,12-13,15H,1-4H2/t12-,13+/m0/s1. The summed E-state index contributed by atoms with van der Waals surface area (Å²) in [5.41, 5.74) is 2.14. The number of hydrogen-bond donors (Lipinski definition) is 1. The van der Waals surface area contributed by atoms with Crippen molar-refractivity contribution in [2.45, 2.75) is 37.7 Å². The second-order valence-corrected chi connectivity index (χ2v) is 4.68. The summed E-state index contributed by atoms with van der Waals surface area (Å²) in [5, 5.41) is 11.1. The van der Waals surface area contributed by atoms with E-state index in [2.05, 4.69) is 18.2 Å². The molecule has 2 heteroatoms. The van der Waals surface area contributed by atoms with E-state index < -0.39 is 0 Å². The second kappa shape index (κ2) is 3.95. The van der Waals surface area contributed by atoms with Crippen LogP contribution in [0.25, 0.3) is 11.0 Å². The van der Waals surface area contributed by atoms with Gasteiger partial charge in [-0.15, -0.1) is 0 Å². The van der Waals surface area contributed by atoms with Crippen molar-refractivity contribution in [1.29, 1.82) is 0 Å². The quantitative estimate of drug-likeness (QED) is 0.792. The van der Waals surface area contributed by atoms with Crippen LogP contribution in [0.2, 0.25) is 0 Å². The predicted octanol–water partition coefficient (Wildman–Crippen LogP) is 3.45. The number of hydrogen-bond acceptors (Lipinski definition) is 2. The molecule has 0 spiro atoms. The Hall–Kier alpha value is -1.28. The van der Waals surface area contributed by atoms with Crippen molar-refractivity contribution < 1.29 is 9.52 Å². The first kappa shape index (κ1) is 9.91. The lowest BCUT2D eigenvalue weighted by Gasteiger charge is -2.27. The molecule has 16 heavy (non-hydrogen) atoms. The molecule has 0 unspecified atom stereocenters. The van der Waals surface area contributed by atoms with E-state index >= 15 is 0 Å². The average molecular weight is 216 g/mol. The molecule has 0 aliphatic heterocycles. The summed E-state index contributed by atoms with van der Waals surface area (Å²) in [6, 6.07) is 8.25. The van der Waals surface area contributed by atoms with Crippen LogP contribution in [0.1, 0.15) is 37.2 Å². The summed E-state index contributed by atoms with van der Waals surface area (Å²) in [6.07, 6.45) is 5.93. The molecule has 1 aliphatic rings. The van der Waals surface area contributed by atoms with Crippen molar-refractivity contribution in [3.05, 3.63) is 36.1 Å². The minimum atomic E-state index is -0.179. The van der Waals surface area contributed by atoms with Crippen LogP contribution < -0.4 is 0 Å². The number of rotatable bonds is 1. The molecule has 2 aromatic rings. The minimum Gasteiger partial charge on any atom is -0.464 e. The summed E-state index contributed by atoms with van der Waals surface area (Å²) >= 11 is 0. The predicted molar refractivity (Wildman–Crippen MR) is 63.4 cm³/mol. The highest BCUT2D eigenvalue weighted by Gasteiger charge is 2.24. The van der Waals surface area contributed by atoms with Gasteiger partial charge in [-0.3, -0.25) is 0 Å². The smallest absolute Gasteiger partial charge is 0.134 e. The lowest BCUT2D eigenvalue weighted by Crippen LogP contribution is -2.22. The van der Waals surface area contributed by atoms with Gasteiger partial charge in [0.1, 0.15) is 5.58 Å². The third kappa shape index (κ3) is 1.63. The maximum Gasteiger partial charge on any atom is 0.134 e. The molecule has 1 aliphatic carbocycles. The molecule has 0 radical (unpaired) electrons. The fourth-order valence-corrected chi connectivity index (χ4v) is 2.70. The summed E-state index contributed by atoms with van der Waals surface area (Å²) < 4.78 is 5.40. The number of aliphatic hydroxyl groups is 1. The highest BCUT2D eigenvalue weighted by molar-refractivity contribution is 5.77. The zero-order valence-corrected chi connectivity index (χ0v) is 9.23. The highest BCUT2D eigenvalue weighted by Crippen LogP contribution is 2.34. The molecule has 0 amide bonds. The summed E-state index contributed by atoms with van der Waals surface area (Å²) in [7, 11) is 0. The molecule has 3 rings (SSSR count). The van der Waals surface area contributed by atoms with Crippen molar-refractivity contribution in [3.8, 4) is 0 Å². The Morgan fingerprint density at radius 2 is 2.00 bits per heavy atom. The Kier molecular flexibility index (Phi) is 2.44. The molecule has 1 saturated carbocycles. The third-order valence-corrected chi connectivity index (χ3v) is 3.64. The Bertz CT molecular complexity index is 486. The van der Waals surface area contributed by atoms with E-state index in [9.17, 15) is 5.11 Å². The molecular formula is C14H16O2. The van der Waals surface area contributed by atoms with Gasteiger partial charge in [0.05, 0.1) is 12.4 Å². The van der Waals surface area contributed by atoms with Gasteiger partial charge in [0.25, 0.3) is 0 Å². The Morgan fingerprint density at radius 1 is 1.12 bits per heavy atom. The summed E-state index contributed by atoms with van der Waals surface area (Å²) in [4.78, 5) is 0. The van der Waals surface area contributed by atoms with E-state index in [1.807, 2.05) is 6.07 Å². The van der Waals surface area contributed by atoms with Crippen LogP contribution in [0.15, 0.2) is 34.9 Å². The van der Waals surface area contributed by atoms with E-state index in [4.69, 9.17) is 4.42 Å². The van der Waals surface area contributed by atoms with Crippen molar-refractivity contribution in [3.63, 3.8) is 0 Å². The average Bonchev–Trinajstić information content (AvgIpc) is 2.76. The zero-order valence-electron chi connectivity index (χ0n) is 9.23. The molecule has 1 aromatic carbocycles. The summed E-state index contributed by atoms with van der Waals surface area (Å²) in [6.45, 7) is 0. The lowest BCUT2D eigenvalue weighted by atomic mass is 9.81. The van der Waals surface area contributed by atoms with Gasteiger partial charge in [-0.2, -0.15) is 0 Å². The number of benzene rings is 1. The molecule has 2 atom stereocenters. The van der Waals surface area contributed by atoms with Crippen LogP contribution in [0.4, 0.5) is 0 Å². The molecule has 84 valence electrons. The number of fused-ring (bicyclic) bond motifs is 1. The Balaban J connectivity index is 1.97. The van der Waals surface area contributed by atoms with Gasteiger partial charge in [0.15, 0.2) is 0 Å². The van der Waals surface area contributed by atoms with Gasteiger partial charge >= 0.3 is 0 Å². The summed E-state index contributed by atoms with van der Waals surface area (Å²) in [5.74, 6) is 0.295. The van der Waals surface area contributed by atoms with Gasteiger partial charge in [-0.25, -0.2) is 0 Å². The van der Waals surface area contributed by atoms with E-state index in [0.29, 0.717) is 5.92 Å². The van der Waals surface area contributed by atoms with E-state index in [0.717, 1.165) is 30.2 Å². The minimum absolute atomic E-state index is 0.179. The molecule has 1 N–H and O–H groups in total. The van der Waals surface area contributed by atoms with Crippen LogP contribution in [-0.4, -0.2) is 11.2 Å². The van der Waals surface area contributed by atoms with Crippen LogP contribution >= 0.6 is 0 Å². The topological polar surface area (TPSA) is 33.4 Å². The molecular weight excluding hydrogens is 200 g/mol. The van der Waals surface area contributed by atoms with E-state index in [-0.39, 0.29) is 6.10 Å². The van der Waals surface area contributed by atoms with Crippen LogP contribution in [-0.2, 0) is 0 Å². The number of aliphatic hydroxyl groups excluding tert-OH is 1. The van der Waals surface area contributed by atoms with E-state index in [1.54, 1.807) is 6.26 Å². The molecule has 0 saturated heterocycles. The monoisotopic (exact) mass is 216 g/mol. The lowest BCUT2D eigenvalue weighted by molar-refractivity contribution is 0.106. The van der Waals surface area contributed by atoms with Crippen LogP contribution in [0.5, 0.6) is 0 Å². The van der Waals surface area contributed by atoms with Crippen molar-refractivity contribution in [2.24, 2.45) is 0 Å². The maximum atomic E-state index is 10.0. The Morgan fingerprint density at radius 3 is 2.88 bits per heavy atom. The molecule has 1 heterocycles. The Labute approximate surface area is 94.9 Å². The highest BCUT2D eigenvalue weighted by atomic mass is 16.3. The second-order valence-electron chi connectivity index (χ2n) is 4.68. The number of furan rings is 1. The maximum absolute atomic E-state index is 10.0. The van der Waals surface area contributed by atoms with Gasteiger partial charge in [0.2, 0.25) is 0 Å². The van der Waals surface area contributed by atoms with Gasteiger partial charge in [-0.05, 0) is 30.5 Å². The van der Waals surface area contributed by atoms with Crippen molar-refractivity contribution in [1.82, 2.24) is 0 Å². The fourth-order valence-electron chi connectivity index (χ4n) is 2.70. The first-order valence-electron chi connectivity index (χ1n) is 6.00. The first-order chi connectivity index (χ1) is 7.84. The van der Waals surface area contributed by atoms with Crippen LogP contribution in [0.3, 0.4) is 0 Å². The van der Waals surface area contributed by atoms with Gasteiger partial charge in [0, 0.05) is 11.3 Å². The van der Waals surface area contributed by atoms with Crippen molar-refractivity contribution in [2.75, 3.05) is 0 Å². The van der Waals surface area contributed by atoms with Crippen molar-refractivity contribution >= 4 is 11.0 Å². The van der Waals surface area contributed by atoms with E-state index in [1.165, 1.54) is 12.0 Å². The molecule has 0 bridgehead atoms. The largest absolute Gasteiger partial charge is 0.464 e.